The van der Waals surface area contributed by atoms with Crippen LogP contribution in [0.25, 0.3) is 0 Å². The fourth-order valence-corrected chi connectivity index (χ4v) is 1.91. The SMILES string of the molecule is CCNc1ccc(C(=O)Nc2cc(C)cc(C)n2)cn1. The molecule has 5 heteroatoms. The highest BCUT2D eigenvalue weighted by Crippen LogP contribution is 2.11. The number of nitrogens with zero attached hydrogens (tertiary/aromatic N) is 2. The van der Waals surface area contributed by atoms with Crippen LogP contribution in [0.1, 0.15) is 28.5 Å². The molecule has 2 heterocycles. The number of carbonyl (C=O) groups is 1. The minimum Gasteiger partial charge on any atom is -0.370 e. The molecular weight excluding hydrogens is 252 g/mol. The molecule has 0 aromatic carbocycles. The Morgan fingerprint density at radius 1 is 1.20 bits per heavy atom. The van der Waals surface area contributed by atoms with Crippen LogP contribution in [0.4, 0.5) is 11.6 Å². The summed E-state index contributed by atoms with van der Waals surface area (Å²) in [6.07, 6.45) is 1.55. The first-order valence-electron chi connectivity index (χ1n) is 6.55. The van der Waals surface area contributed by atoms with E-state index in [1.807, 2.05) is 32.9 Å². The smallest absolute Gasteiger partial charge is 0.258 e. The molecule has 0 aliphatic rings. The van der Waals surface area contributed by atoms with Crippen LogP contribution in [-0.4, -0.2) is 22.4 Å². The lowest BCUT2D eigenvalue weighted by molar-refractivity contribution is 0.102. The zero-order valence-electron chi connectivity index (χ0n) is 11.9. The van der Waals surface area contributed by atoms with Gasteiger partial charge in [-0.25, -0.2) is 9.97 Å². The van der Waals surface area contributed by atoms with Gasteiger partial charge in [0, 0.05) is 18.4 Å². The van der Waals surface area contributed by atoms with Crippen LogP contribution in [0.3, 0.4) is 0 Å². The van der Waals surface area contributed by atoms with E-state index in [0.29, 0.717) is 11.4 Å². The van der Waals surface area contributed by atoms with Crippen molar-refractivity contribution in [3.8, 4) is 0 Å². The topological polar surface area (TPSA) is 66.9 Å². The van der Waals surface area contributed by atoms with Gasteiger partial charge in [0.1, 0.15) is 11.6 Å². The number of amides is 1. The zero-order valence-corrected chi connectivity index (χ0v) is 11.9. The van der Waals surface area contributed by atoms with Gasteiger partial charge in [-0.2, -0.15) is 0 Å². The summed E-state index contributed by atoms with van der Waals surface area (Å²) in [4.78, 5) is 20.5. The van der Waals surface area contributed by atoms with E-state index in [4.69, 9.17) is 0 Å². The molecule has 0 spiro atoms. The predicted octanol–water partition coefficient (Wildman–Crippen LogP) is 2.78. The summed E-state index contributed by atoms with van der Waals surface area (Å²) in [5.41, 5.74) is 2.45. The molecule has 0 aliphatic heterocycles. The van der Waals surface area contributed by atoms with Gasteiger partial charge < -0.3 is 10.6 Å². The third-order valence-electron chi connectivity index (χ3n) is 2.72. The Labute approximate surface area is 118 Å². The third-order valence-corrected chi connectivity index (χ3v) is 2.72. The molecule has 0 saturated heterocycles. The molecular formula is C15H18N4O. The van der Waals surface area contributed by atoms with Gasteiger partial charge in [-0.1, -0.05) is 0 Å². The van der Waals surface area contributed by atoms with E-state index >= 15 is 0 Å². The van der Waals surface area contributed by atoms with E-state index in [-0.39, 0.29) is 5.91 Å². The number of nitrogens with one attached hydrogen (secondary N) is 2. The Morgan fingerprint density at radius 2 is 2.00 bits per heavy atom. The second-order valence-corrected chi connectivity index (χ2v) is 4.59. The molecule has 1 amide bonds. The highest BCUT2D eigenvalue weighted by Gasteiger charge is 2.08. The fourth-order valence-electron chi connectivity index (χ4n) is 1.91. The standard InChI is InChI=1S/C15H18N4O/c1-4-16-13-6-5-12(9-17-13)15(20)19-14-8-10(2)7-11(3)18-14/h5-9H,4H2,1-3H3,(H,16,17)(H,18,19,20). The van der Waals surface area contributed by atoms with Crippen LogP contribution in [-0.2, 0) is 0 Å². The van der Waals surface area contributed by atoms with Crippen molar-refractivity contribution in [2.75, 3.05) is 17.2 Å². The number of carbonyl (C=O) groups excluding carboxylic acids is 1. The summed E-state index contributed by atoms with van der Waals surface area (Å²) in [5.74, 6) is 1.11. The summed E-state index contributed by atoms with van der Waals surface area (Å²) < 4.78 is 0. The van der Waals surface area contributed by atoms with E-state index in [1.54, 1.807) is 18.3 Å². The average molecular weight is 270 g/mol. The number of rotatable bonds is 4. The average Bonchev–Trinajstić information content (AvgIpc) is 2.38. The van der Waals surface area contributed by atoms with Gasteiger partial charge in [0.05, 0.1) is 5.56 Å². The Kier molecular flexibility index (Phi) is 4.30. The highest BCUT2D eigenvalue weighted by atomic mass is 16.1. The Bertz CT molecular complexity index is 588. The summed E-state index contributed by atoms with van der Waals surface area (Å²) in [5, 5.41) is 5.86. The molecule has 2 N–H and O–H groups in total. The minimum atomic E-state index is -0.210. The van der Waals surface area contributed by atoms with E-state index in [0.717, 1.165) is 23.6 Å². The van der Waals surface area contributed by atoms with E-state index in [1.165, 1.54) is 0 Å². The van der Waals surface area contributed by atoms with Crippen molar-refractivity contribution in [1.82, 2.24) is 9.97 Å². The molecule has 20 heavy (non-hydrogen) atoms. The largest absolute Gasteiger partial charge is 0.370 e. The van der Waals surface area contributed by atoms with Crippen molar-refractivity contribution in [2.45, 2.75) is 20.8 Å². The van der Waals surface area contributed by atoms with E-state index < -0.39 is 0 Å². The number of hydrogen-bond acceptors (Lipinski definition) is 4. The molecule has 0 fully saturated rings. The summed E-state index contributed by atoms with van der Waals surface area (Å²) in [7, 11) is 0. The molecule has 104 valence electrons. The summed E-state index contributed by atoms with van der Waals surface area (Å²) in [6.45, 7) is 6.66. The Balaban J connectivity index is 2.11. The quantitative estimate of drug-likeness (QED) is 0.896. The predicted molar refractivity (Wildman–Crippen MR) is 80.1 cm³/mol. The van der Waals surface area contributed by atoms with Crippen molar-refractivity contribution in [3.05, 3.63) is 47.3 Å². The van der Waals surface area contributed by atoms with Crippen LogP contribution < -0.4 is 10.6 Å². The maximum Gasteiger partial charge on any atom is 0.258 e. The van der Waals surface area contributed by atoms with Crippen LogP contribution in [0.15, 0.2) is 30.5 Å². The van der Waals surface area contributed by atoms with E-state index in [2.05, 4.69) is 20.6 Å². The molecule has 0 aliphatic carbocycles. The van der Waals surface area contributed by atoms with Gasteiger partial charge in [0.15, 0.2) is 0 Å². The second kappa shape index (κ2) is 6.14. The lowest BCUT2D eigenvalue weighted by Gasteiger charge is -2.07. The maximum absolute atomic E-state index is 12.1. The number of aromatic nitrogens is 2. The summed E-state index contributed by atoms with van der Waals surface area (Å²) in [6, 6.07) is 7.32. The first-order chi connectivity index (χ1) is 9.58. The van der Waals surface area contributed by atoms with Crippen molar-refractivity contribution < 1.29 is 4.79 Å². The molecule has 2 rings (SSSR count). The number of aryl methyl sites for hydroxylation is 2. The second-order valence-electron chi connectivity index (χ2n) is 4.59. The molecule has 0 radical (unpaired) electrons. The van der Waals surface area contributed by atoms with Crippen LogP contribution in [0, 0.1) is 13.8 Å². The van der Waals surface area contributed by atoms with Gasteiger partial charge in [-0.3, -0.25) is 4.79 Å². The first-order valence-corrected chi connectivity index (χ1v) is 6.55. The fraction of sp³-hybridized carbons (Fsp3) is 0.267. The number of hydrogen-bond donors (Lipinski definition) is 2. The number of anilines is 2. The Morgan fingerprint density at radius 3 is 2.60 bits per heavy atom. The molecule has 0 bridgehead atoms. The van der Waals surface area contributed by atoms with Gasteiger partial charge in [-0.05, 0) is 50.6 Å². The van der Waals surface area contributed by atoms with Crippen LogP contribution in [0.5, 0.6) is 0 Å². The normalized spacial score (nSPS) is 10.2. The molecule has 2 aromatic heterocycles. The molecule has 0 unspecified atom stereocenters. The molecule has 0 atom stereocenters. The van der Waals surface area contributed by atoms with Gasteiger partial charge >= 0.3 is 0 Å². The third kappa shape index (κ3) is 3.54. The van der Waals surface area contributed by atoms with Crippen molar-refractivity contribution in [1.29, 1.82) is 0 Å². The monoisotopic (exact) mass is 270 g/mol. The zero-order chi connectivity index (χ0) is 14.5. The van der Waals surface area contributed by atoms with Gasteiger partial charge in [-0.15, -0.1) is 0 Å². The van der Waals surface area contributed by atoms with Gasteiger partial charge in [0.2, 0.25) is 0 Å². The Hall–Kier alpha value is -2.43. The lowest BCUT2D eigenvalue weighted by atomic mass is 10.2. The summed E-state index contributed by atoms with van der Waals surface area (Å²) >= 11 is 0. The molecule has 5 nitrogen and oxygen atoms in total. The van der Waals surface area contributed by atoms with Crippen LogP contribution in [0.2, 0.25) is 0 Å². The lowest BCUT2D eigenvalue weighted by Crippen LogP contribution is -2.14. The first kappa shape index (κ1) is 14.0. The minimum absolute atomic E-state index is 0.210. The molecule has 0 saturated carbocycles. The highest BCUT2D eigenvalue weighted by molar-refractivity contribution is 6.03. The molecule has 2 aromatic rings. The van der Waals surface area contributed by atoms with E-state index in [9.17, 15) is 4.79 Å². The van der Waals surface area contributed by atoms with Gasteiger partial charge in [0.25, 0.3) is 5.91 Å². The van der Waals surface area contributed by atoms with Crippen molar-refractivity contribution in [2.24, 2.45) is 0 Å². The maximum atomic E-state index is 12.1. The van der Waals surface area contributed by atoms with Crippen LogP contribution >= 0.6 is 0 Å². The van der Waals surface area contributed by atoms with Crippen molar-refractivity contribution >= 4 is 17.5 Å². The van der Waals surface area contributed by atoms with Crippen molar-refractivity contribution in [3.63, 3.8) is 0 Å². The number of pyridine rings is 2.